The molecule has 2 amide bonds. The number of anilines is 2. The third kappa shape index (κ3) is 4.94. The lowest BCUT2D eigenvalue weighted by Crippen LogP contribution is -3.15. The molecule has 2 rings (SSSR count). The van der Waals surface area contributed by atoms with Gasteiger partial charge in [0.25, 0.3) is 11.8 Å². The van der Waals surface area contributed by atoms with Crippen molar-refractivity contribution >= 4 is 23.2 Å². The van der Waals surface area contributed by atoms with Gasteiger partial charge in [0.2, 0.25) is 0 Å². The maximum Gasteiger partial charge on any atom is 0.279 e. The Morgan fingerprint density at radius 3 is 2.48 bits per heavy atom. The summed E-state index contributed by atoms with van der Waals surface area (Å²) in [6.45, 7) is 5.14. The largest absolute Gasteiger partial charge is 0.378 e. The highest BCUT2D eigenvalue weighted by Crippen LogP contribution is 2.18. The third-order valence-electron chi connectivity index (χ3n) is 4.13. The average Bonchev–Trinajstić information content (AvgIpc) is 2.55. The Kier molecular flexibility index (Phi) is 5.95. The number of hydrogen-bond donors (Lipinski definition) is 3. The maximum absolute atomic E-state index is 12.0. The van der Waals surface area contributed by atoms with Crippen LogP contribution in [0.25, 0.3) is 0 Å². The van der Waals surface area contributed by atoms with Crippen LogP contribution in [0.3, 0.4) is 0 Å². The summed E-state index contributed by atoms with van der Waals surface area (Å²) in [4.78, 5) is 26.2. The topological polar surface area (TPSA) is 89.1 Å². The van der Waals surface area contributed by atoms with Crippen molar-refractivity contribution in [2.24, 2.45) is 5.73 Å². The van der Waals surface area contributed by atoms with E-state index >= 15 is 0 Å². The van der Waals surface area contributed by atoms with E-state index in [1.54, 1.807) is 14.0 Å². The molecule has 0 bridgehead atoms. The van der Waals surface area contributed by atoms with Crippen LogP contribution in [0.5, 0.6) is 0 Å². The fraction of sp³-hybridized carbons (Fsp3) is 0.500. The van der Waals surface area contributed by atoms with Gasteiger partial charge in [-0.1, -0.05) is 0 Å². The monoisotopic (exact) mass is 321 g/mol. The summed E-state index contributed by atoms with van der Waals surface area (Å²) in [5.41, 5.74) is 7.11. The smallest absolute Gasteiger partial charge is 0.279 e. The number of rotatable bonds is 6. The zero-order chi connectivity index (χ0) is 16.8. The molecule has 2 atom stereocenters. The minimum absolute atomic E-state index is 0.144. The molecule has 0 spiro atoms. The Labute approximate surface area is 136 Å². The number of amides is 2. The van der Waals surface area contributed by atoms with E-state index in [0.29, 0.717) is 0 Å². The molecule has 1 saturated heterocycles. The van der Waals surface area contributed by atoms with Gasteiger partial charge in [0, 0.05) is 24.5 Å². The van der Waals surface area contributed by atoms with Gasteiger partial charge in [0.15, 0.2) is 12.6 Å². The molecule has 0 aliphatic carbocycles. The lowest BCUT2D eigenvalue weighted by Gasteiger charge is -2.28. The maximum atomic E-state index is 12.0. The minimum atomic E-state index is -0.412. The van der Waals surface area contributed by atoms with E-state index in [1.165, 1.54) is 0 Å². The molecule has 126 valence electrons. The van der Waals surface area contributed by atoms with Gasteiger partial charge in [-0.2, -0.15) is 0 Å². The van der Waals surface area contributed by atoms with Gasteiger partial charge in [-0.3, -0.25) is 9.59 Å². The number of carbonyl (C=O) groups excluding carboxylic acids is 2. The molecular formula is C16H25N4O3+. The number of carbonyl (C=O) groups is 2. The van der Waals surface area contributed by atoms with Crippen LogP contribution >= 0.6 is 0 Å². The second-order valence-electron chi connectivity index (χ2n) is 5.84. The number of quaternary nitrogens is 1. The first-order valence-electron chi connectivity index (χ1n) is 7.81. The number of likely N-dealkylation sites (N-methyl/N-ethyl adjacent to an activating group) is 1. The summed E-state index contributed by atoms with van der Waals surface area (Å²) in [5.74, 6) is -0.556. The molecule has 1 aliphatic rings. The molecule has 0 saturated carbocycles. The first kappa shape index (κ1) is 17.2. The van der Waals surface area contributed by atoms with Crippen molar-refractivity contribution in [1.29, 1.82) is 0 Å². The molecule has 23 heavy (non-hydrogen) atoms. The molecule has 7 nitrogen and oxygen atoms in total. The number of ether oxygens (including phenoxy) is 1. The fourth-order valence-electron chi connectivity index (χ4n) is 2.43. The van der Waals surface area contributed by atoms with E-state index in [1.807, 2.05) is 24.3 Å². The molecule has 1 heterocycles. The molecule has 4 N–H and O–H groups in total. The molecule has 1 aromatic rings. The summed E-state index contributed by atoms with van der Waals surface area (Å²) < 4.78 is 5.34. The van der Waals surface area contributed by atoms with Crippen molar-refractivity contribution in [2.75, 3.05) is 50.1 Å². The minimum Gasteiger partial charge on any atom is -0.378 e. The zero-order valence-electron chi connectivity index (χ0n) is 13.7. The first-order chi connectivity index (χ1) is 11.0. The van der Waals surface area contributed by atoms with Gasteiger partial charge in [-0.05, 0) is 31.2 Å². The molecule has 0 radical (unpaired) electrons. The second-order valence-corrected chi connectivity index (χ2v) is 5.84. The van der Waals surface area contributed by atoms with E-state index in [0.717, 1.165) is 42.6 Å². The molecule has 1 unspecified atom stereocenters. The van der Waals surface area contributed by atoms with Crippen LogP contribution in [0.2, 0.25) is 0 Å². The fourth-order valence-corrected chi connectivity index (χ4v) is 2.43. The van der Waals surface area contributed by atoms with Gasteiger partial charge >= 0.3 is 0 Å². The number of morpholine rings is 1. The SMILES string of the molecule is C[C@@H](C(N)=O)[NH+](C)CC(=O)Nc1ccc(N2CCOCC2)cc1. The third-order valence-corrected chi connectivity index (χ3v) is 4.13. The highest BCUT2D eigenvalue weighted by molar-refractivity contribution is 5.91. The lowest BCUT2D eigenvalue weighted by atomic mass is 10.2. The van der Waals surface area contributed by atoms with Crippen LogP contribution < -0.4 is 20.9 Å². The Hall–Kier alpha value is -2.12. The number of primary amides is 1. The molecular weight excluding hydrogens is 296 g/mol. The van der Waals surface area contributed by atoms with Crippen molar-refractivity contribution in [1.82, 2.24) is 0 Å². The van der Waals surface area contributed by atoms with Crippen molar-refractivity contribution in [2.45, 2.75) is 13.0 Å². The van der Waals surface area contributed by atoms with Crippen LogP contribution in [-0.2, 0) is 14.3 Å². The van der Waals surface area contributed by atoms with E-state index in [-0.39, 0.29) is 12.5 Å². The summed E-state index contributed by atoms with van der Waals surface area (Å²) in [6, 6.07) is 7.35. The van der Waals surface area contributed by atoms with E-state index < -0.39 is 11.9 Å². The van der Waals surface area contributed by atoms with Gasteiger partial charge < -0.3 is 25.6 Å². The Bertz CT molecular complexity index is 541. The predicted molar refractivity (Wildman–Crippen MR) is 88.5 cm³/mol. The second kappa shape index (κ2) is 7.94. The summed E-state index contributed by atoms with van der Waals surface area (Å²) in [5, 5.41) is 2.84. The Morgan fingerprint density at radius 1 is 1.30 bits per heavy atom. The zero-order valence-corrected chi connectivity index (χ0v) is 13.7. The molecule has 7 heteroatoms. The summed E-state index contributed by atoms with van der Waals surface area (Å²) in [6.07, 6.45) is 0. The predicted octanol–water partition coefficient (Wildman–Crippen LogP) is -1.15. The quantitative estimate of drug-likeness (QED) is 0.617. The van der Waals surface area contributed by atoms with Crippen LogP contribution in [0.15, 0.2) is 24.3 Å². The van der Waals surface area contributed by atoms with E-state index in [9.17, 15) is 9.59 Å². The summed E-state index contributed by atoms with van der Waals surface area (Å²) in [7, 11) is 1.77. The van der Waals surface area contributed by atoms with Gasteiger partial charge in [-0.25, -0.2) is 0 Å². The Morgan fingerprint density at radius 2 is 1.91 bits per heavy atom. The average molecular weight is 321 g/mol. The van der Waals surface area contributed by atoms with E-state index in [2.05, 4.69) is 10.2 Å². The highest BCUT2D eigenvalue weighted by atomic mass is 16.5. The van der Waals surface area contributed by atoms with Crippen molar-refractivity contribution in [3.8, 4) is 0 Å². The lowest BCUT2D eigenvalue weighted by molar-refractivity contribution is -0.885. The number of nitrogens with zero attached hydrogens (tertiary/aromatic N) is 1. The van der Waals surface area contributed by atoms with Crippen molar-refractivity contribution in [3.63, 3.8) is 0 Å². The van der Waals surface area contributed by atoms with E-state index in [4.69, 9.17) is 10.5 Å². The van der Waals surface area contributed by atoms with Crippen LogP contribution in [0.1, 0.15) is 6.92 Å². The normalized spacial score (nSPS) is 17.4. The molecule has 1 aromatic carbocycles. The number of benzene rings is 1. The first-order valence-corrected chi connectivity index (χ1v) is 7.81. The Balaban J connectivity index is 1.87. The van der Waals surface area contributed by atoms with Gasteiger partial charge in [0.05, 0.1) is 20.3 Å². The van der Waals surface area contributed by atoms with Crippen molar-refractivity contribution < 1.29 is 19.2 Å². The number of nitrogens with one attached hydrogen (secondary N) is 2. The van der Waals surface area contributed by atoms with Gasteiger partial charge in [-0.15, -0.1) is 0 Å². The summed E-state index contributed by atoms with van der Waals surface area (Å²) >= 11 is 0. The van der Waals surface area contributed by atoms with Crippen LogP contribution in [0, 0.1) is 0 Å². The van der Waals surface area contributed by atoms with Crippen LogP contribution in [0.4, 0.5) is 11.4 Å². The standard InChI is InChI=1S/C16H24N4O3/c1-12(16(17)22)19(2)11-15(21)18-13-3-5-14(6-4-13)20-7-9-23-10-8-20/h3-6,12H,7-11H2,1-2H3,(H2,17,22)(H,18,21)/p+1/t12-/m0/s1. The highest BCUT2D eigenvalue weighted by Gasteiger charge is 2.21. The van der Waals surface area contributed by atoms with Crippen molar-refractivity contribution in [3.05, 3.63) is 24.3 Å². The molecule has 1 fully saturated rings. The van der Waals surface area contributed by atoms with Crippen LogP contribution in [-0.4, -0.2) is 57.8 Å². The van der Waals surface area contributed by atoms with Gasteiger partial charge in [0.1, 0.15) is 0 Å². The molecule has 0 aromatic heterocycles. The molecule has 1 aliphatic heterocycles. The number of hydrogen-bond acceptors (Lipinski definition) is 4. The number of nitrogens with two attached hydrogens (primary N) is 1.